The van der Waals surface area contributed by atoms with Crippen molar-refractivity contribution >= 4 is 27.4 Å². The van der Waals surface area contributed by atoms with Gasteiger partial charge in [-0.1, -0.05) is 105 Å². The summed E-state index contributed by atoms with van der Waals surface area (Å²) in [6, 6.07) is 37.0. The van der Waals surface area contributed by atoms with E-state index in [1.807, 2.05) is 0 Å². The predicted molar refractivity (Wildman–Crippen MR) is 181 cm³/mol. The van der Waals surface area contributed by atoms with Crippen LogP contribution in [0.3, 0.4) is 0 Å². The molecule has 0 bridgehead atoms. The lowest BCUT2D eigenvalue weighted by Crippen LogP contribution is -2.25. The molecule has 3 aliphatic rings. The Labute approximate surface area is 256 Å². The molecule has 1 unspecified atom stereocenters. The molecule has 6 aromatic rings. The van der Waals surface area contributed by atoms with E-state index in [1.165, 1.54) is 33.2 Å². The fourth-order valence-corrected chi connectivity index (χ4v) is 7.23. The quantitative estimate of drug-likeness (QED) is 0.215. The fraction of sp³-hybridized carbons (Fsp3) is 0.125. The highest BCUT2D eigenvalue weighted by molar-refractivity contribution is 6.05. The number of fused-ring (bicyclic) bond motifs is 6. The van der Waals surface area contributed by atoms with Gasteiger partial charge >= 0.3 is 0 Å². The van der Waals surface area contributed by atoms with Gasteiger partial charge in [-0.25, -0.2) is 9.97 Å². The van der Waals surface area contributed by atoms with Gasteiger partial charge < -0.3 is 4.90 Å². The second-order valence-electron chi connectivity index (χ2n) is 12.5. The molecule has 0 radical (unpaired) electrons. The van der Waals surface area contributed by atoms with Gasteiger partial charge in [0.2, 0.25) is 0 Å². The summed E-state index contributed by atoms with van der Waals surface area (Å²) in [5, 5.41) is 3.41. The molecular formula is C40H30N4. The SMILES string of the molecule is CC1(C)c2cc(C3=NC4C=CC=CN4C3)ccc2-c2ccc(-c3nc(-c4cccc5ccccc45)nc4ccccc34)cc21. The van der Waals surface area contributed by atoms with Crippen LogP contribution in [0.25, 0.3) is 55.4 Å². The standard InChI is InChI=1S/C40H30N4/c1-40(2)33-22-26(36-24-44-21-8-7-16-37(44)41-36)17-19-29(33)30-20-18-27(23-34(30)40)38-32-13-5-6-15-35(32)42-39(43-38)31-14-9-11-25-10-3-4-12-28(25)31/h3-23,37H,24H2,1-2H3. The molecule has 4 heteroatoms. The van der Waals surface area contributed by atoms with Gasteiger partial charge in [0.25, 0.3) is 0 Å². The average Bonchev–Trinajstić information content (AvgIpc) is 3.60. The largest absolute Gasteiger partial charge is 0.347 e. The second kappa shape index (κ2) is 9.32. The first-order valence-electron chi connectivity index (χ1n) is 15.3. The van der Waals surface area contributed by atoms with Crippen molar-refractivity contribution in [2.45, 2.75) is 25.4 Å². The van der Waals surface area contributed by atoms with E-state index in [1.54, 1.807) is 0 Å². The summed E-state index contributed by atoms with van der Waals surface area (Å²) in [5.41, 5.74) is 11.6. The summed E-state index contributed by atoms with van der Waals surface area (Å²) in [6.45, 7) is 5.52. The third-order valence-electron chi connectivity index (χ3n) is 9.55. The molecule has 0 amide bonds. The maximum Gasteiger partial charge on any atom is 0.161 e. The lowest BCUT2D eigenvalue weighted by Gasteiger charge is -2.23. The minimum absolute atomic E-state index is 0.109. The molecule has 9 rings (SSSR count). The number of benzene rings is 5. The van der Waals surface area contributed by atoms with Crippen molar-refractivity contribution in [1.29, 1.82) is 0 Å². The number of hydrogen-bond acceptors (Lipinski definition) is 4. The van der Waals surface area contributed by atoms with Crippen LogP contribution in [0.4, 0.5) is 0 Å². The molecule has 4 nitrogen and oxygen atoms in total. The van der Waals surface area contributed by atoms with Gasteiger partial charge in [-0.3, -0.25) is 4.99 Å². The van der Waals surface area contributed by atoms with E-state index in [-0.39, 0.29) is 11.6 Å². The molecule has 0 fully saturated rings. The topological polar surface area (TPSA) is 41.4 Å². The molecule has 0 spiro atoms. The first kappa shape index (κ1) is 25.2. The van der Waals surface area contributed by atoms with Crippen molar-refractivity contribution in [2.24, 2.45) is 4.99 Å². The van der Waals surface area contributed by atoms with E-state index >= 15 is 0 Å². The van der Waals surface area contributed by atoms with Crippen molar-refractivity contribution in [3.8, 4) is 33.8 Å². The molecule has 5 aromatic carbocycles. The summed E-state index contributed by atoms with van der Waals surface area (Å²) in [5.74, 6) is 0.751. The van der Waals surface area contributed by atoms with Crippen molar-refractivity contribution in [1.82, 2.24) is 14.9 Å². The number of aliphatic imine (C=N–C) groups is 1. The Morgan fingerprint density at radius 3 is 2.25 bits per heavy atom. The molecule has 2 aliphatic heterocycles. The number of rotatable bonds is 3. The minimum Gasteiger partial charge on any atom is -0.347 e. The number of para-hydroxylation sites is 1. The molecule has 0 saturated heterocycles. The summed E-state index contributed by atoms with van der Waals surface area (Å²) < 4.78 is 0. The first-order chi connectivity index (χ1) is 21.5. The van der Waals surface area contributed by atoms with Crippen molar-refractivity contribution in [3.05, 3.63) is 144 Å². The van der Waals surface area contributed by atoms with Crippen LogP contribution in [-0.4, -0.2) is 33.3 Å². The van der Waals surface area contributed by atoms with Crippen molar-refractivity contribution in [2.75, 3.05) is 6.54 Å². The van der Waals surface area contributed by atoms with Gasteiger partial charge in [0, 0.05) is 28.1 Å². The van der Waals surface area contributed by atoms with Gasteiger partial charge in [-0.15, -0.1) is 0 Å². The number of nitrogens with zero attached hydrogens (tertiary/aromatic N) is 4. The molecule has 3 heterocycles. The van der Waals surface area contributed by atoms with E-state index in [4.69, 9.17) is 15.0 Å². The van der Waals surface area contributed by atoms with Gasteiger partial charge in [0.1, 0.15) is 6.17 Å². The number of allylic oxidation sites excluding steroid dienone is 2. The van der Waals surface area contributed by atoms with Crippen LogP contribution in [0, 0.1) is 0 Å². The summed E-state index contributed by atoms with van der Waals surface area (Å²) in [6.07, 6.45) is 8.57. The Balaban J connectivity index is 1.16. The van der Waals surface area contributed by atoms with Crippen LogP contribution in [-0.2, 0) is 5.41 Å². The van der Waals surface area contributed by atoms with Gasteiger partial charge in [0.05, 0.1) is 23.5 Å². The Morgan fingerprint density at radius 2 is 1.41 bits per heavy atom. The van der Waals surface area contributed by atoms with Crippen LogP contribution in [0.2, 0.25) is 0 Å². The van der Waals surface area contributed by atoms with Gasteiger partial charge in [0.15, 0.2) is 5.82 Å². The lowest BCUT2D eigenvalue weighted by molar-refractivity contribution is 0.393. The highest BCUT2D eigenvalue weighted by Gasteiger charge is 2.37. The van der Waals surface area contributed by atoms with E-state index in [9.17, 15) is 0 Å². The van der Waals surface area contributed by atoms with Gasteiger partial charge in [-0.05, 0) is 68.9 Å². The molecule has 44 heavy (non-hydrogen) atoms. The Kier molecular flexibility index (Phi) is 5.33. The lowest BCUT2D eigenvalue weighted by atomic mass is 9.81. The molecule has 0 saturated carbocycles. The number of hydrogen-bond donors (Lipinski definition) is 0. The average molecular weight is 567 g/mol. The Bertz CT molecular complexity index is 2250. The zero-order valence-electron chi connectivity index (χ0n) is 24.7. The zero-order chi connectivity index (χ0) is 29.4. The monoisotopic (exact) mass is 566 g/mol. The molecule has 1 atom stereocenters. The third-order valence-corrected chi connectivity index (χ3v) is 9.55. The predicted octanol–water partition coefficient (Wildman–Crippen LogP) is 8.94. The smallest absolute Gasteiger partial charge is 0.161 e. The van der Waals surface area contributed by atoms with Crippen molar-refractivity contribution < 1.29 is 0 Å². The Hall–Kier alpha value is -5.35. The fourth-order valence-electron chi connectivity index (χ4n) is 7.23. The van der Waals surface area contributed by atoms with Crippen LogP contribution >= 0.6 is 0 Å². The molecular weight excluding hydrogens is 536 g/mol. The second-order valence-corrected chi connectivity index (χ2v) is 12.5. The summed E-state index contributed by atoms with van der Waals surface area (Å²) >= 11 is 0. The third kappa shape index (κ3) is 3.74. The molecule has 1 aliphatic carbocycles. The van der Waals surface area contributed by atoms with E-state index in [0.717, 1.165) is 51.2 Å². The van der Waals surface area contributed by atoms with E-state index < -0.39 is 0 Å². The van der Waals surface area contributed by atoms with Gasteiger partial charge in [-0.2, -0.15) is 0 Å². The normalized spacial score (nSPS) is 17.5. The van der Waals surface area contributed by atoms with E-state index in [2.05, 4.69) is 146 Å². The van der Waals surface area contributed by atoms with Crippen LogP contribution < -0.4 is 0 Å². The van der Waals surface area contributed by atoms with Crippen molar-refractivity contribution in [3.63, 3.8) is 0 Å². The minimum atomic E-state index is -0.163. The Morgan fingerprint density at radius 1 is 0.682 bits per heavy atom. The van der Waals surface area contributed by atoms with E-state index in [0.29, 0.717) is 0 Å². The molecule has 210 valence electrons. The zero-order valence-corrected chi connectivity index (χ0v) is 24.7. The maximum absolute atomic E-state index is 5.27. The maximum atomic E-state index is 5.27. The first-order valence-corrected chi connectivity index (χ1v) is 15.3. The highest BCUT2D eigenvalue weighted by atomic mass is 15.3. The van der Waals surface area contributed by atoms with Crippen LogP contribution in [0.15, 0.2) is 133 Å². The van der Waals surface area contributed by atoms with Crippen LogP contribution in [0.5, 0.6) is 0 Å². The highest BCUT2D eigenvalue weighted by Crippen LogP contribution is 2.50. The number of aromatic nitrogens is 2. The van der Waals surface area contributed by atoms with Crippen LogP contribution in [0.1, 0.15) is 30.5 Å². The molecule has 1 aromatic heterocycles. The molecule has 0 N–H and O–H groups in total. The summed E-state index contributed by atoms with van der Waals surface area (Å²) in [7, 11) is 0. The summed E-state index contributed by atoms with van der Waals surface area (Å²) in [4.78, 5) is 17.6.